The summed E-state index contributed by atoms with van der Waals surface area (Å²) in [5, 5.41) is 0. The summed E-state index contributed by atoms with van der Waals surface area (Å²) >= 11 is 0. The van der Waals surface area contributed by atoms with Gasteiger partial charge in [-0.3, -0.25) is 9.13 Å². The first-order valence-corrected chi connectivity index (χ1v) is 6.80. The molecule has 0 aromatic rings. The molecule has 0 heterocycles. The van der Waals surface area contributed by atoms with Crippen molar-refractivity contribution in [1.82, 2.24) is 0 Å². The van der Waals surface area contributed by atoms with Gasteiger partial charge in [0.25, 0.3) is 0 Å². The normalized spacial score (nSPS) is 13.7. The van der Waals surface area contributed by atoms with Gasteiger partial charge in [-0.2, -0.15) is 0 Å². The molecule has 0 atom stereocenters. The van der Waals surface area contributed by atoms with Gasteiger partial charge in [0.05, 0.1) is 0 Å². The van der Waals surface area contributed by atoms with E-state index in [1.165, 1.54) is 28.4 Å². The molecule has 0 fully saturated rings. The summed E-state index contributed by atoms with van der Waals surface area (Å²) in [6.07, 6.45) is 0. The fraction of sp³-hybridized carbons (Fsp3) is 0.667. The minimum Gasteiger partial charge on any atom is -0.309 e. The molecular weight excluding hydrogens is 230 g/mol. The Morgan fingerprint density at radius 2 is 0.929 bits per heavy atom. The van der Waals surface area contributed by atoms with E-state index in [1.54, 1.807) is 0 Å². The van der Waals surface area contributed by atoms with Gasteiger partial charge in [0.1, 0.15) is 0 Å². The van der Waals surface area contributed by atoms with Crippen LogP contribution in [0.25, 0.3) is 0 Å². The van der Waals surface area contributed by atoms with Gasteiger partial charge in [0.2, 0.25) is 0 Å². The summed E-state index contributed by atoms with van der Waals surface area (Å²) in [6.45, 7) is 0. The average Bonchev–Trinajstić information content (AvgIpc) is 2.25. The lowest BCUT2D eigenvalue weighted by Crippen LogP contribution is -1.86. The monoisotopic (exact) mass is 244 g/mol. The molecule has 0 aromatic heterocycles. The van der Waals surface area contributed by atoms with Crippen molar-refractivity contribution in [2.45, 2.75) is 0 Å². The van der Waals surface area contributed by atoms with Crippen molar-refractivity contribution in [2.24, 2.45) is 0 Å². The van der Waals surface area contributed by atoms with Crippen LogP contribution in [0, 0.1) is 0 Å². The Balaban J connectivity index is 4.72. The Bertz CT molecular complexity index is 242. The zero-order chi connectivity index (χ0) is 11.2. The van der Waals surface area contributed by atoms with Gasteiger partial charge in [-0.05, 0) is 0 Å². The van der Waals surface area contributed by atoms with Crippen LogP contribution >= 0.6 is 15.2 Å². The van der Waals surface area contributed by atoms with Crippen molar-refractivity contribution in [1.29, 1.82) is 0 Å². The minimum atomic E-state index is -3.32. The smallest absolute Gasteiger partial charge is 0.309 e. The zero-order valence-corrected chi connectivity index (χ0v) is 10.3. The summed E-state index contributed by atoms with van der Waals surface area (Å²) in [7, 11) is -1.75. The van der Waals surface area contributed by atoms with E-state index in [-0.39, 0.29) is 0 Å². The van der Waals surface area contributed by atoms with Crippen molar-refractivity contribution in [2.75, 3.05) is 28.4 Å². The van der Waals surface area contributed by atoms with Crippen LogP contribution in [0.15, 0.2) is 11.6 Å². The molecule has 84 valence electrons. The lowest BCUT2D eigenvalue weighted by molar-refractivity contribution is 0.281. The Labute approximate surface area is 83.3 Å². The van der Waals surface area contributed by atoms with Crippen molar-refractivity contribution < 1.29 is 27.2 Å². The van der Waals surface area contributed by atoms with Crippen LogP contribution in [0.3, 0.4) is 0 Å². The Kier molecular flexibility index (Phi) is 5.83. The standard InChI is InChI=1S/C6H14O6P2/c1-9-13(7,10-2)5-6-14(8,11-3)12-4/h5-6H,1-4H3/b6-5+. The summed E-state index contributed by atoms with van der Waals surface area (Å²) in [5.41, 5.74) is 0. The fourth-order valence-corrected chi connectivity index (χ4v) is 2.65. The molecule has 0 amide bonds. The van der Waals surface area contributed by atoms with Crippen LogP contribution < -0.4 is 0 Å². The van der Waals surface area contributed by atoms with E-state index in [0.717, 1.165) is 11.6 Å². The van der Waals surface area contributed by atoms with E-state index >= 15 is 0 Å². The van der Waals surface area contributed by atoms with Gasteiger partial charge in [0.15, 0.2) is 0 Å². The summed E-state index contributed by atoms with van der Waals surface area (Å²) in [4.78, 5) is 0. The SMILES string of the molecule is COP(=O)(/C=C/P(=O)(OC)OC)OC. The van der Waals surface area contributed by atoms with Crippen LogP contribution in [0.5, 0.6) is 0 Å². The molecule has 0 radical (unpaired) electrons. The third-order valence-electron chi connectivity index (χ3n) is 1.45. The van der Waals surface area contributed by atoms with Crippen molar-refractivity contribution in [3.05, 3.63) is 11.6 Å². The first-order chi connectivity index (χ1) is 6.45. The minimum absolute atomic E-state index is 1.04. The molecule has 0 rings (SSSR count). The van der Waals surface area contributed by atoms with Gasteiger partial charge >= 0.3 is 15.2 Å². The molecule has 0 aliphatic carbocycles. The summed E-state index contributed by atoms with van der Waals surface area (Å²) in [6, 6.07) is 0. The van der Waals surface area contributed by atoms with E-state index in [2.05, 4.69) is 18.1 Å². The van der Waals surface area contributed by atoms with E-state index in [4.69, 9.17) is 0 Å². The molecule has 0 aromatic carbocycles. The first kappa shape index (κ1) is 14.0. The molecule has 8 heteroatoms. The molecule has 0 saturated carbocycles. The maximum atomic E-state index is 11.5. The second-order valence-electron chi connectivity index (χ2n) is 2.11. The topological polar surface area (TPSA) is 71.1 Å². The highest BCUT2D eigenvalue weighted by atomic mass is 31.2. The van der Waals surface area contributed by atoms with Crippen molar-refractivity contribution in [3.8, 4) is 0 Å². The molecule has 0 saturated heterocycles. The quantitative estimate of drug-likeness (QED) is 0.668. The third-order valence-corrected chi connectivity index (χ3v) is 4.75. The molecule has 0 bridgehead atoms. The predicted octanol–water partition coefficient (Wildman–Crippen LogP) is 2.43. The van der Waals surface area contributed by atoms with Crippen LogP contribution in [0.2, 0.25) is 0 Å². The molecule has 0 N–H and O–H groups in total. The molecule has 0 spiro atoms. The highest BCUT2D eigenvalue weighted by molar-refractivity contribution is 7.61. The van der Waals surface area contributed by atoms with E-state index in [0.29, 0.717) is 0 Å². The number of rotatable bonds is 6. The number of hydrogen-bond donors (Lipinski definition) is 0. The summed E-state index contributed by atoms with van der Waals surface area (Å²) in [5.74, 6) is 2.08. The highest BCUT2D eigenvalue weighted by Crippen LogP contribution is 2.55. The Morgan fingerprint density at radius 3 is 1.07 bits per heavy atom. The van der Waals surface area contributed by atoms with Crippen molar-refractivity contribution >= 4 is 15.2 Å². The van der Waals surface area contributed by atoms with Crippen molar-refractivity contribution in [3.63, 3.8) is 0 Å². The van der Waals surface area contributed by atoms with Gasteiger partial charge < -0.3 is 18.1 Å². The molecular formula is C6H14O6P2. The van der Waals surface area contributed by atoms with Crippen LogP contribution in [0.4, 0.5) is 0 Å². The molecule has 0 unspecified atom stereocenters. The second kappa shape index (κ2) is 5.81. The van der Waals surface area contributed by atoms with Gasteiger partial charge in [-0.15, -0.1) is 0 Å². The Morgan fingerprint density at radius 1 is 0.714 bits per heavy atom. The van der Waals surface area contributed by atoms with Gasteiger partial charge in [0, 0.05) is 40.1 Å². The average molecular weight is 244 g/mol. The molecule has 0 aliphatic heterocycles. The predicted molar refractivity (Wildman–Crippen MR) is 52.4 cm³/mol. The lowest BCUT2D eigenvalue weighted by Gasteiger charge is -2.11. The van der Waals surface area contributed by atoms with Crippen LogP contribution in [-0.4, -0.2) is 28.4 Å². The largest absolute Gasteiger partial charge is 0.353 e. The van der Waals surface area contributed by atoms with Gasteiger partial charge in [-0.1, -0.05) is 0 Å². The van der Waals surface area contributed by atoms with E-state index in [9.17, 15) is 9.13 Å². The molecule has 6 nitrogen and oxygen atoms in total. The summed E-state index contributed by atoms with van der Waals surface area (Å²) < 4.78 is 41.3. The van der Waals surface area contributed by atoms with Gasteiger partial charge in [-0.25, -0.2) is 0 Å². The lowest BCUT2D eigenvalue weighted by atomic mass is 11.3. The number of hydrogen-bond acceptors (Lipinski definition) is 6. The Hall–Kier alpha value is 0.0400. The van der Waals surface area contributed by atoms with E-state index in [1.807, 2.05) is 0 Å². The second-order valence-corrected chi connectivity index (χ2v) is 6.32. The van der Waals surface area contributed by atoms with Crippen LogP contribution in [-0.2, 0) is 27.2 Å². The maximum Gasteiger partial charge on any atom is 0.353 e. The zero-order valence-electron chi connectivity index (χ0n) is 8.50. The third kappa shape index (κ3) is 4.05. The van der Waals surface area contributed by atoms with E-state index < -0.39 is 15.2 Å². The van der Waals surface area contributed by atoms with Crippen LogP contribution in [0.1, 0.15) is 0 Å². The molecule has 0 aliphatic rings. The first-order valence-electron chi connectivity index (χ1n) is 3.58. The molecule has 14 heavy (non-hydrogen) atoms. The fourth-order valence-electron chi connectivity index (χ4n) is 0.556. The maximum absolute atomic E-state index is 11.5. The highest BCUT2D eigenvalue weighted by Gasteiger charge is 2.22.